The first-order chi connectivity index (χ1) is 12.0. The molecule has 2 heterocycles. The van der Waals surface area contributed by atoms with Gasteiger partial charge in [0.2, 0.25) is 5.91 Å². The molecular formula is C19H19BrN4O. The Morgan fingerprint density at radius 2 is 1.96 bits per heavy atom. The van der Waals surface area contributed by atoms with Crippen LogP contribution in [0.15, 0.2) is 47.2 Å². The third kappa shape index (κ3) is 2.84. The molecule has 4 rings (SSSR count). The van der Waals surface area contributed by atoms with Gasteiger partial charge in [0.05, 0.1) is 23.5 Å². The molecule has 3 aromatic rings. The highest BCUT2D eigenvalue weighted by Crippen LogP contribution is 2.49. The number of hydrogen-bond acceptors (Lipinski definition) is 3. The molecule has 1 N–H and O–H groups in total. The maximum Gasteiger partial charge on any atom is 0.235 e. The molecule has 0 unspecified atom stereocenters. The first-order valence-corrected chi connectivity index (χ1v) is 9.20. The minimum absolute atomic E-state index is 0.0345. The fraction of sp³-hybridized carbons (Fsp3) is 0.316. The van der Waals surface area contributed by atoms with E-state index in [1.807, 2.05) is 35.0 Å². The number of anilines is 1. The highest BCUT2D eigenvalue weighted by atomic mass is 79.9. The van der Waals surface area contributed by atoms with Gasteiger partial charge in [0.1, 0.15) is 0 Å². The highest BCUT2D eigenvalue weighted by molar-refractivity contribution is 9.10. The van der Waals surface area contributed by atoms with E-state index in [4.69, 9.17) is 0 Å². The molecule has 1 amide bonds. The Morgan fingerprint density at radius 1 is 1.24 bits per heavy atom. The SMILES string of the molecule is CC(C)n1ncc2cc(NC(=O)C3(c4ccc(Br)cc4)CC3)cnc21. The molecule has 1 aromatic carbocycles. The summed E-state index contributed by atoms with van der Waals surface area (Å²) in [4.78, 5) is 17.3. The van der Waals surface area contributed by atoms with E-state index in [0.717, 1.165) is 33.9 Å². The normalized spacial score (nSPS) is 15.5. The second-order valence-corrected chi connectivity index (χ2v) is 7.78. The second kappa shape index (κ2) is 5.95. The van der Waals surface area contributed by atoms with Crippen molar-refractivity contribution in [1.29, 1.82) is 0 Å². The fourth-order valence-corrected chi connectivity index (χ4v) is 3.44. The number of amides is 1. The molecule has 1 saturated carbocycles. The topological polar surface area (TPSA) is 59.8 Å². The standard InChI is InChI=1S/C19H19BrN4O/c1-12(2)24-17-13(10-22-24)9-16(11-21-17)23-18(25)19(7-8-19)14-3-5-15(20)6-4-14/h3-6,9-12H,7-8H2,1-2H3,(H,23,25). The number of rotatable bonds is 4. The Balaban J connectivity index is 1.58. The minimum atomic E-state index is -0.405. The lowest BCUT2D eigenvalue weighted by Crippen LogP contribution is -2.27. The molecule has 6 heteroatoms. The van der Waals surface area contributed by atoms with Gasteiger partial charge in [0.25, 0.3) is 0 Å². The zero-order valence-corrected chi connectivity index (χ0v) is 15.7. The van der Waals surface area contributed by atoms with Crippen molar-refractivity contribution in [3.63, 3.8) is 0 Å². The lowest BCUT2D eigenvalue weighted by atomic mass is 9.95. The number of nitrogens with one attached hydrogen (secondary N) is 1. The number of benzene rings is 1. The van der Waals surface area contributed by atoms with Crippen LogP contribution >= 0.6 is 15.9 Å². The molecule has 0 atom stereocenters. The van der Waals surface area contributed by atoms with Gasteiger partial charge in [-0.05, 0) is 50.5 Å². The van der Waals surface area contributed by atoms with Crippen molar-refractivity contribution in [1.82, 2.24) is 14.8 Å². The van der Waals surface area contributed by atoms with Gasteiger partial charge in [-0.1, -0.05) is 28.1 Å². The van der Waals surface area contributed by atoms with E-state index in [2.05, 4.69) is 45.2 Å². The van der Waals surface area contributed by atoms with Crippen molar-refractivity contribution in [2.75, 3.05) is 5.32 Å². The van der Waals surface area contributed by atoms with Crippen LogP contribution < -0.4 is 5.32 Å². The summed E-state index contributed by atoms with van der Waals surface area (Å²) in [6.45, 7) is 4.14. The molecule has 1 aliphatic rings. The quantitative estimate of drug-likeness (QED) is 0.706. The predicted molar refractivity (Wildman–Crippen MR) is 102 cm³/mol. The Bertz CT molecular complexity index is 942. The van der Waals surface area contributed by atoms with E-state index in [0.29, 0.717) is 5.69 Å². The number of hydrogen-bond donors (Lipinski definition) is 1. The maximum absolute atomic E-state index is 12.9. The zero-order valence-electron chi connectivity index (χ0n) is 14.2. The van der Waals surface area contributed by atoms with E-state index >= 15 is 0 Å². The van der Waals surface area contributed by atoms with Crippen LogP contribution in [0.4, 0.5) is 5.69 Å². The van der Waals surface area contributed by atoms with E-state index in [9.17, 15) is 4.79 Å². The molecular weight excluding hydrogens is 380 g/mol. The van der Waals surface area contributed by atoms with Gasteiger partial charge in [-0.15, -0.1) is 0 Å². The van der Waals surface area contributed by atoms with Gasteiger partial charge >= 0.3 is 0 Å². The van der Waals surface area contributed by atoms with Crippen LogP contribution in [0.3, 0.4) is 0 Å². The van der Waals surface area contributed by atoms with Crippen LogP contribution in [0.25, 0.3) is 11.0 Å². The summed E-state index contributed by atoms with van der Waals surface area (Å²) in [6.07, 6.45) is 5.25. The molecule has 1 fully saturated rings. The summed E-state index contributed by atoms with van der Waals surface area (Å²) in [6, 6.07) is 10.2. The molecule has 0 radical (unpaired) electrons. The Labute approximate surface area is 154 Å². The minimum Gasteiger partial charge on any atom is -0.324 e. The zero-order chi connectivity index (χ0) is 17.6. The predicted octanol–water partition coefficient (Wildman–Crippen LogP) is 4.45. The van der Waals surface area contributed by atoms with E-state index < -0.39 is 5.41 Å². The van der Waals surface area contributed by atoms with Crippen LogP contribution in [-0.2, 0) is 10.2 Å². The summed E-state index contributed by atoms with van der Waals surface area (Å²) in [5, 5.41) is 8.34. The molecule has 5 nitrogen and oxygen atoms in total. The number of halogens is 1. The average molecular weight is 399 g/mol. The van der Waals surface area contributed by atoms with Gasteiger partial charge in [0.15, 0.2) is 5.65 Å². The average Bonchev–Trinajstić information content (AvgIpc) is 3.29. The number of nitrogens with zero attached hydrogens (tertiary/aromatic N) is 3. The molecule has 0 aliphatic heterocycles. The van der Waals surface area contributed by atoms with Crippen molar-refractivity contribution < 1.29 is 4.79 Å². The number of carbonyl (C=O) groups is 1. The Kier molecular flexibility index (Phi) is 3.87. The maximum atomic E-state index is 12.9. The largest absolute Gasteiger partial charge is 0.324 e. The lowest BCUT2D eigenvalue weighted by Gasteiger charge is -2.16. The van der Waals surface area contributed by atoms with Crippen molar-refractivity contribution >= 4 is 38.6 Å². The number of fused-ring (bicyclic) bond motifs is 1. The van der Waals surface area contributed by atoms with Gasteiger partial charge in [0, 0.05) is 15.9 Å². The molecule has 0 saturated heterocycles. The summed E-state index contributed by atoms with van der Waals surface area (Å²) < 4.78 is 2.90. The Hall–Kier alpha value is -2.21. The van der Waals surface area contributed by atoms with Gasteiger partial charge in [-0.2, -0.15) is 5.10 Å². The molecule has 128 valence electrons. The van der Waals surface area contributed by atoms with Crippen LogP contribution in [0.1, 0.15) is 38.3 Å². The summed E-state index contributed by atoms with van der Waals surface area (Å²) in [5.41, 5.74) is 2.21. The van der Waals surface area contributed by atoms with Crippen molar-refractivity contribution in [3.8, 4) is 0 Å². The smallest absolute Gasteiger partial charge is 0.235 e. The molecule has 0 spiro atoms. The number of pyridine rings is 1. The van der Waals surface area contributed by atoms with Gasteiger partial charge in [-0.25, -0.2) is 9.67 Å². The molecule has 2 aromatic heterocycles. The van der Waals surface area contributed by atoms with Crippen molar-refractivity contribution in [3.05, 3.63) is 52.8 Å². The van der Waals surface area contributed by atoms with E-state index in [1.54, 1.807) is 12.4 Å². The van der Waals surface area contributed by atoms with Gasteiger partial charge in [-0.3, -0.25) is 4.79 Å². The third-order valence-electron chi connectivity index (χ3n) is 4.76. The third-order valence-corrected chi connectivity index (χ3v) is 5.29. The van der Waals surface area contributed by atoms with Crippen LogP contribution in [0.5, 0.6) is 0 Å². The number of aromatic nitrogens is 3. The first-order valence-electron chi connectivity index (χ1n) is 8.40. The summed E-state index contributed by atoms with van der Waals surface area (Å²) in [7, 11) is 0. The summed E-state index contributed by atoms with van der Waals surface area (Å²) in [5.74, 6) is 0.0345. The van der Waals surface area contributed by atoms with Gasteiger partial charge < -0.3 is 5.32 Å². The van der Waals surface area contributed by atoms with Crippen LogP contribution in [0.2, 0.25) is 0 Å². The van der Waals surface area contributed by atoms with E-state index in [-0.39, 0.29) is 11.9 Å². The monoisotopic (exact) mass is 398 g/mol. The fourth-order valence-electron chi connectivity index (χ4n) is 3.18. The van der Waals surface area contributed by atoms with Crippen molar-refractivity contribution in [2.24, 2.45) is 0 Å². The second-order valence-electron chi connectivity index (χ2n) is 6.86. The van der Waals surface area contributed by atoms with Crippen LogP contribution in [0, 0.1) is 0 Å². The molecule has 25 heavy (non-hydrogen) atoms. The first kappa shape index (κ1) is 16.3. The highest BCUT2D eigenvalue weighted by Gasteiger charge is 2.51. The number of carbonyl (C=O) groups excluding carboxylic acids is 1. The molecule has 1 aliphatic carbocycles. The lowest BCUT2D eigenvalue weighted by molar-refractivity contribution is -0.118. The van der Waals surface area contributed by atoms with Crippen LogP contribution in [-0.4, -0.2) is 20.7 Å². The van der Waals surface area contributed by atoms with E-state index in [1.165, 1.54) is 0 Å². The Morgan fingerprint density at radius 3 is 2.60 bits per heavy atom. The summed E-state index contributed by atoms with van der Waals surface area (Å²) >= 11 is 3.44. The molecule has 0 bridgehead atoms. The van der Waals surface area contributed by atoms with Crippen molar-refractivity contribution in [2.45, 2.75) is 38.1 Å².